The molecule has 0 bridgehead atoms. The third kappa shape index (κ3) is 5.58. The van der Waals surface area contributed by atoms with Crippen molar-refractivity contribution in [3.63, 3.8) is 0 Å². The summed E-state index contributed by atoms with van der Waals surface area (Å²) >= 11 is 0. The summed E-state index contributed by atoms with van der Waals surface area (Å²) in [6.07, 6.45) is 0.0253. The Bertz CT molecular complexity index is 1420. The molecule has 3 aromatic carbocycles. The molecule has 1 atom stereocenters. The molecule has 0 aliphatic heterocycles. The van der Waals surface area contributed by atoms with Crippen molar-refractivity contribution < 1.29 is 22.7 Å². The molecule has 0 radical (unpaired) electrons. The van der Waals surface area contributed by atoms with E-state index in [1.54, 1.807) is 7.11 Å². The van der Waals surface area contributed by atoms with Crippen molar-refractivity contribution in [1.29, 1.82) is 0 Å². The van der Waals surface area contributed by atoms with Crippen LogP contribution in [0.2, 0.25) is 0 Å². The topological polar surface area (TPSA) is 115 Å². The summed E-state index contributed by atoms with van der Waals surface area (Å²) < 4.78 is 44.0. The molecule has 4 rings (SSSR count). The number of nitrogens with one attached hydrogen (secondary N) is 4. The molecule has 8 nitrogen and oxygen atoms in total. The van der Waals surface area contributed by atoms with Gasteiger partial charge in [-0.05, 0) is 42.0 Å². The highest BCUT2D eigenvalue weighted by atomic mass is 32.2. The lowest BCUT2D eigenvalue weighted by atomic mass is 10.1. The first-order valence-corrected chi connectivity index (χ1v) is 12.6. The predicted molar refractivity (Wildman–Crippen MR) is 134 cm³/mol. The Morgan fingerprint density at radius 2 is 1.76 bits per heavy atom. The molecule has 0 spiro atoms. The lowest BCUT2D eigenvalue weighted by Gasteiger charge is -2.15. The maximum absolute atomic E-state index is 13.8. The Morgan fingerprint density at radius 1 is 1.03 bits per heavy atom. The van der Waals surface area contributed by atoms with Crippen molar-refractivity contribution in [2.75, 3.05) is 43.0 Å². The molecule has 1 aromatic heterocycles. The van der Waals surface area contributed by atoms with Crippen LogP contribution in [-0.4, -0.2) is 51.5 Å². The third-order valence-corrected chi connectivity index (χ3v) is 6.04. The van der Waals surface area contributed by atoms with E-state index >= 15 is 0 Å². The molecule has 1 heterocycles. The predicted octanol–water partition coefficient (Wildman–Crippen LogP) is 3.58. The zero-order valence-electron chi connectivity index (χ0n) is 18.9. The van der Waals surface area contributed by atoms with Crippen LogP contribution in [-0.2, 0) is 10.0 Å². The van der Waals surface area contributed by atoms with Crippen molar-refractivity contribution in [2.24, 2.45) is 0 Å². The highest BCUT2D eigenvalue weighted by molar-refractivity contribution is 7.92. The number of sulfonamides is 1. The van der Waals surface area contributed by atoms with E-state index < -0.39 is 21.9 Å². The van der Waals surface area contributed by atoms with Gasteiger partial charge in [0.05, 0.1) is 30.7 Å². The molecule has 0 aliphatic rings. The van der Waals surface area contributed by atoms with E-state index in [4.69, 9.17) is 4.74 Å². The van der Waals surface area contributed by atoms with Crippen LogP contribution in [0.3, 0.4) is 0 Å². The van der Waals surface area contributed by atoms with Crippen molar-refractivity contribution in [2.45, 2.75) is 6.10 Å². The molecule has 0 saturated heterocycles. The Hall–Kier alpha value is -3.34. The fraction of sp³-hybridized carbons (Fsp3) is 0.250. The molecule has 0 fully saturated rings. The second-order valence-electron chi connectivity index (χ2n) is 8.06. The van der Waals surface area contributed by atoms with Gasteiger partial charge in [0.1, 0.15) is 11.6 Å². The average molecular weight is 487 g/mol. The number of hydrogen-bond acceptors (Lipinski definition) is 6. The largest absolute Gasteiger partial charge is 0.497 e. The number of aromatic amines is 1. The average Bonchev–Trinajstić information content (AvgIpc) is 3.16. The first-order valence-electron chi connectivity index (χ1n) is 10.7. The number of aliphatic hydroxyl groups excluding tert-OH is 1. The van der Waals surface area contributed by atoms with Crippen molar-refractivity contribution in [3.05, 3.63) is 66.0 Å². The van der Waals surface area contributed by atoms with E-state index in [9.17, 15) is 17.9 Å². The Labute approximate surface area is 197 Å². The summed E-state index contributed by atoms with van der Waals surface area (Å²) in [5.41, 5.74) is 3.22. The normalized spacial score (nSPS) is 12.7. The van der Waals surface area contributed by atoms with Gasteiger partial charge in [-0.25, -0.2) is 12.8 Å². The highest BCUT2D eigenvalue weighted by Gasteiger charge is 2.13. The molecule has 4 aromatic rings. The summed E-state index contributed by atoms with van der Waals surface area (Å²) in [4.78, 5) is 3.41. The number of fused-ring (bicyclic) bond motifs is 3. The third-order valence-electron chi connectivity index (χ3n) is 5.44. The number of rotatable bonds is 10. The number of H-pyrrole nitrogens is 1. The Balaban J connectivity index is 1.30. The van der Waals surface area contributed by atoms with Gasteiger partial charge in [0, 0.05) is 47.7 Å². The number of aromatic nitrogens is 1. The van der Waals surface area contributed by atoms with E-state index in [1.807, 2.05) is 30.3 Å². The van der Waals surface area contributed by atoms with Crippen LogP contribution in [0.15, 0.2) is 54.6 Å². The van der Waals surface area contributed by atoms with Crippen molar-refractivity contribution in [1.82, 2.24) is 10.3 Å². The first-order chi connectivity index (χ1) is 16.2. The van der Waals surface area contributed by atoms with Crippen molar-refractivity contribution >= 4 is 43.2 Å². The second-order valence-corrected chi connectivity index (χ2v) is 9.81. The van der Waals surface area contributed by atoms with Gasteiger partial charge in [0.2, 0.25) is 10.0 Å². The number of halogens is 1. The van der Waals surface area contributed by atoms with Gasteiger partial charge in [-0.15, -0.1) is 0 Å². The monoisotopic (exact) mass is 486 g/mol. The van der Waals surface area contributed by atoms with E-state index in [2.05, 4.69) is 26.4 Å². The number of methoxy groups -OCH3 is 1. The summed E-state index contributed by atoms with van der Waals surface area (Å²) in [5.74, 6) is 0.0961. The molecule has 5 N–H and O–H groups in total. The van der Waals surface area contributed by atoms with Gasteiger partial charge in [0.15, 0.2) is 0 Å². The lowest BCUT2D eigenvalue weighted by molar-refractivity contribution is 0.175. The van der Waals surface area contributed by atoms with Crippen LogP contribution in [0.25, 0.3) is 21.8 Å². The zero-order valence-corrected chi connectivity index (χ0v) is 19.7. The highest BCUT2D eigenvalue weighted by Crippen LogP contribution is 2.30. The summed E-state index contributed by atoms with van der Waals surface area (Å²) in [6, 6.07) is 15.9. The second kappa shape index (κ2) is 9.88. The molecular formula is C24H27FN4O4S. The van der Waals surface area contributed by atoms with E-state index in [0.717, 1.165) is 45.6 Å². The molecule has 10 heteroatoms. The maximum atomic E-state index is 13.8. The molecule has 34 heavy (non-hydrogen) atoms. The van der Waals surface area contributed by atoms with Crippen LogP contribution in [0.5, 0.6) is 5.75 Å². The van der Waals surface area contributed by atoms with E-state index in [1.165, 1.54) is 12.1 Å². The Morgan fingerprint density at radius 3 is 2.50 bits per heavy atom. The van der Waals surface area contributed by atoms with Crippen molar-refractivity contribution in [3.8, 4) is 5.75 Å². The zero-order chi connectivity index (χ0) is 24.3. The van der Waals surface area contributed by atoms with Gasteiger partial charge in [-0.1, -0.05) is 12.1 Å². The maximum Gasteiger partial charge on any atom is 0.229 e. The molecule has 0 aliphatic carbocycles. The molecule has 1 unspecified atom stereocenters. The standard InChI is InChI=1S/C24H27FN4O4S/c1-33-17-5-7-19-18-6-4-16(12-21(18)28-22(19)13-17)27-10-9-26-14-24(30)15-3-8-20(25)23(11-15)29-34(2,31)32/h3-8,11-13,24,26-30H,9-10,14H2,1-2H3. The SMILES string of the molecule is COc1ccc2c(c1)[nH]c1cc(NCCNCC(O)c3ccc(F)c(NS(C)(=O)=O)c3)ccc12. The van der Waals surface area contributed by atoms with Gasteiger partial charge in [-0.3, -0.25) is 4.72 Å². The van der Waals surface area contributed by atoms with Crippen LogP contribution in [0.4, 0.5) is 15.8 Å². The first kappa shape index (κ1) is 23.8. The minimum atomic E-state index is -3.62. The van der Waals surface area contributed by atoms with Crippen LogP contribution in [0.1, 0.15) is 11.7 Å². The minimum absolute atomic E-state index is 0.188. The van der Waals surface area contributed by atoms with Crippen LogP contribution < -0.4 is 20.1 Å². The fourth-order valence-electron chi connectivity index (χ4n) is 3.81. The number of hydrogen-bond donors (Lipinski definition) is 5. The van der Waals surface area contributed by atoms with E-state index in [0.29, 0.717) is 18.7 Å². The Kier molecular flexibility index (Phi) is 6.92. The summed E-state index contributed by atoms with van der Waals surface area (Å²) in [7, 11) is -1.98. The fourth-order valence-corrected chi connectivity index (χ4v) is 4.36. The number of anilines is 2. The van der Waals surface area contributed by atoms with E-state index in [-0.39, 0.29) is 12.2 Å². The minimum Gasteiger partial charge on any atom is -0.497 e. The molecular weight excluding hydrogens is 459 g/mol. The number of ether oxygens (including phenoxy) is 1. The molecule has 0 amide bonds. The smallest absolute Gasteiger partial charge is 0.229 e. The quantitative estimate of drug-likeness (QED) is 0.219. The van der Waals surface area contributed by atoms with Gasteiger partial charge >= 0.3 is 0 Å². The molecule has 0 saturated carbocycles. The van der Waals surface area contributed by atoms with Crippen LogP contribution >= 0.6 is 0 Å². The number of aliphatic hydroxyl groups is 1. The van der Waals surface area contributed by atoms with Crippen LogP contribution in [0, 0.1) is 5.82 Å². The van der Waals surface area contributed by atoms with Gasteiger partial charge in [0.25, 0.3) is 0 Å². The summed E-state index contributed by atoms with van der Waals surface area (Å²) in [6.45, 7) is 1.43. The lowest BCUT2D eigenvalue weighted by Crippen LogP contribution is -2.27. The molecule has 180 valence electrons. The van der Waals surface area contributed by atoms with Gasteiger partial charge in [-0.2, -0.15) is 0 Å². The summed E-state index contributed by atoms with van der Waals surface area (Å²) in [5, 5.41) is 19.1. The number of benzene rings is 3. The van der Waals surface area contributed by atoms with Gasteiger partial charge < -0.3 is 25.5 Å².